The maximum atomic E-state index is 5.51. The van der Waals surface area contributed by atoms with Crippen molar-refractivity contribution in [2.75, 3.05) is 7.05 Å². The van der Waals surface area contributed by atoms with E-state index in [1.165, 1.54) is 0 Å². The van der Waals surface area contributed by atoms with Gasteiger partial charge >= 0.3 is 0 Å². The minimum absolute atomic E-state index is 0. The first-order chi connectivity index (χ1) is 9.30. The van der Waals surface area contributed by atoms with Crippen LogP contribution in [0, 0.1) is 0 Å². The topological polar surface area (TPSA) is 58.5 Å². The molecule has 0 fully saturated rings. The van der Waals surface area contributed by atoms with E-state index in [1.54, 1.807) is 7.05 Å². The minimum atomic E-state index is -0.0188. The second-order valence-corrected chi connectivity index (χ2v) is 5.97. The number of nitrogens with one attached hydrogen (secondary N) is 2. The van der Waals surface area contributed by atoms with Gasteiger partial charge in [-0.05, 0) is 40.2 Å². The monoisotopic (exact) mass is 406 g/mol. The van der Waals surface area contributed by atoms with Gasteiger partial charge in [0.05, 0.1) is 6.10 Å². The van der Waals surface area contributed by atoms with Gasteiger partial charge in [0.2, 0.25) is 5.88 Å². The maximum absolute atomic E-state index is 5.51. The van der Waals surface area contributed by atoms with Crippen molar-refractivity contribution in [3.8, 4) is 5.88 Å². The summed E-state index contributed by atoms with van der Waals surface area (Å²) in [5.41, 5.74) is 1.06. The highest BCUT2D eigenvalue weighted by atomic mass is 127. The lowest BCUT2D eigenvalue weighted by molar-refractivity contribution is 0.232. The Hall–Kier alpha value is -1.05. The Bertz CT molecular complexity index is 438. The van der Waals surface area contributed by atoms with Crippen LogP contribution in [-0.2, 0) is 6.54 Å². The van der Waals surface area contributed by atoms with Gasteiger partial charge in [-0.25, -0.2) is 4.98 Å². The number of aliphatic imine (C=N–C) groups is 1. The molecule has 1 aromatic rings. The van der Waals surface area contributed by atoms with E-state index in [4.69, 9.17) is 4.74 Å². The highest BCUT2D eigenvalue weighted by Gasteiger charge is 2.11. The fourth-order valence-corrected chi connectivity index (χ4v) is 1.55. The van der Waals surface area contributed by atoms with Crippen molar-refractivity contribution in [1.82, 2.24) is 15.6 Å². The number of hydrogen-bond donors (Lipinski definition) is 2. The molecule has 0 aliphatic carbocycles. The smallest absolute Gasteiger partial charge is 0.213 e. The van der Waals surface area contributed by atoms with E-state index < -0.39 is 0 Å². The second-order valence-electron chi connectivity index (χ2n) is 5.97. The number of nitrogens with zero attached hydrogens (tertiary/aromatic N) is 2. The second kappa shape index (κ2) is 9.07. The van der Waals surface area contributed by atoms with E-state index in [1.807, 2.05) is 32.2 Å². The lowest BCUT2D eigenvalue weighted by Gasteiger charge is -2.23. The van der Waals surface area contributed by atoms with Crippen LogP contribution in [0.15, 0.2) is 23.3 Å². The molecule has 0 bridgehead atoms. The molecule has 0 spiro atoms. The zero-order valence-electron chi connectivity index (χ0n) is 13.7. The third-order valence-electron chi connectivity index (χ3n) is 2.33. The van der Waals surface area contributed by atoms with Gasteiger partial charge in [-0.1, -0.05) is 6.07 Å². The van der Waals surface area contributed by atoms with Gasteiger partial charge in [0.25, 0.3) is 0 Å². The molecule has 1 aromatic heterocycles. The van der Waals surface area contributed by atoms with E-state index in [9.17, 15) is 0 Å². The summed E-state index contributed by atoms with van der Waals surface area (Å²) < 4.78 is 5.51. The molecule has 0 saturated carbocycles. The maximum Gasteiger partial charge on any atom is 0.213 e. The summed E-state index contributed by atoms with van der Waals surface area (Å²) >= 11 is 0. The number of aromatic nitrogens is 1. The molecule has 21 heavy (non-hydrogen) atoms. The summed E-state index contributed by atoms with van der Waals surface area (Å²) in [7, 11) is 1.76. The number of pyridine rings is 1. The Morgan fingerprint density at radius 1 is 1.33 bits per heavy atom. The largest absolute Gasteiger partial charge is 0.475 e. The quantitative estimate of drug-likeness (QED) is 0.459. The Morgan fingerprint density at radius 3 is 2.43 bits per heavy atom. The number of ether oxygens (including phenoxy) is 1. The van der Waals surface area contributed by atoms with Gasteiger partial charge in [-0.15, -0.1) is 24.0 Å². The van der Waals surface area contributed by atoms with Crippen LogP contribution < -0.4 is 15.4 Å². The molecule has 2 N–H and O–H groups in total. The molecule has 6 heteroatoms. The van der Waals surface area contributed by atoms with Crippen LogP contribution in [0.1, 0.15) is 40.2 Å². The number of guanidine groups is 1. The lowest BCUT2D eigenvalue weighted by Crippen LogP contribution is -2.47. The van der Waals surface area contributed by atoms with Crippen molar-refractivity contribution in [3.05, 3.63) is 23.9 Å². The van der Waals surface area contributed by atoms with Crippen LogP contribution in [0.4, 0.5) is 0 Å². The summed E-state index contributed by atoms with van der Waals surface area (Å²) in [6.07, 6.45) is 1.95. The molecule has 0 saturated heterocycles. The molecule has 0 unspecified atom stereocenters. The predicted octanol–water partition coefficient (Wildman–Crippen LogP) is 2.95. The van der Waals surface area contributed by atoms with E-state index >= 15 is 0 Å². The molecular formula is C15H27IN4O. The third kappa shape index (κ3) is 8.75. The van der Waals surface area contributed by atoms with Gasteiger partial charge in [-0.3, -0.25) is 4.99 Å². The first-order valence-corrected chi connectivity index (χ1v) is 6.90. The van der Waals surface area contributed by atoms with Gasteiger partial charge in [-0.2, -0.15) is 0 Å². The summed E-state index contributed by atoms with van der Waals surface area (Å²) in [6.45, 7) is 10.9. The first-order valence-electron chi connectivity index (χ1n) is 6.90. The van der Waals surface area contributed by atoms with Crippen LogP contribution in [0.5, 0.6) is 5.88 Å². The summed E-state index contributed by atoms with van der Waals surface area (Å²) in [5.74, 6) is 1.43. The molecular weight excluding hydrogens is 379 g/mol. The Kier molecular flexibility index (Phi) is 8.61. The lowest BCUT2D eigenvalue weighted by atomic mass is 10.1. The van der Waals surface area contributed by atoms with E-state index in [-0.39, 0.29) is 35.6 Å². The van der Waals surface area contributed by atoms with Crippen LogP contribution in [0.3, 0.4) is 0 Å². The highest BCUT2D eigenvalue weighted by molar-refractivity contribution is 14.0. The van der Waals surface area contributed by atoms with Crippen LogP contribution >= 0.6 is 24.0 Å². The average Bonchev–Trinajstić information content (AvgIpc) is 2.34. The molecule has 5 nitrogen and oxygen atoms in total. The Morgan fingerprint density at radius 2 is 2.00 bits per heavy atom. The predicted molar refractivity (Wildman–Crippen MR) is 98.5 cm³/mol. The number of rotatable bonds is 4. The summed E-state index contributed by atoms with van der Waals surface area (Å²) in [5, 5.41) is 6.57. The average molecular weight is 406 g/mol. The van der Waals surface area contributed by atoms with Crippen molar-refractivity contribution >= 4 is 29.9 Å². The molecule has 1 rings (SSSR count). The highest BCUT2D eigenvalue weighted by Crippen LogP contribution is 2.09. The molecule has 0 amide bonds. The summed E-state index contributed by atoms with van der Waals surface area (Å²) in [4.78, 5) is 8.47. The molecule has 0 atom stereocenters. The molecule has 120 valence electrons. The van der Waals surface area contributed by atoms with Gasteiger partial charge in [0, 0.05) is 31.4 Å². The van der Waals surface area contributed by atoms with E-state index in [0.29, 0.717) is 12.4 Å². The Labute approximate surface area is 145 Å². The van der Waals surface area contributed by atoms with Gasteiger partial charge in [0.15, 0.2) is 5.96 Å². The van der Waals surface area contributed by atoms with Crippen molar-refractivity contribution < 1.29 is 4.74 Å². The van der Waals surface area contributed by atoms with Gasteiger partial charge in [0.1, 0.15) is 0 Å². The van der Waals surface area contributed by atoms with Gasteiger partial charge < -0.3 is 15.4 Å². The van der Waals surface area contributed by atoms with Crippen molar-refractivity contribution in [2.45, 2.75) is 52.8 Å². The normalized spacial score (nSPS) is 11.9. The van der Waals surface area contributed by atoms with Crippen LogP contribution in [-0.4, -0.2) is 29.6 Å². The van der Waals surface area contributed by atoms with Crippen LogP contribution in [0.25, 0.3) is 0 Å². The van der Waals surface area contributed by atoms with E-state index in [2.05, 4.69) is 41.4 Å². The number of halogens is 1. The van der Waals surface area contributed by atoms with Crippen molar-refractivity contribution in [2.24, 2.45) is 4.99 Å². The fraction of sp³-hybridized carbons (Fsp3) is 0.600. The Balaban J connectivity index is 0.00000400. The van der Waals surface area contributed by atoms with Crippen molar-refractivity contribution in [1.29, 1.82) is 0 Å². The molecule has 0 aromatic carbocycles. The molecule has 0 aliphatic heterocycles. The minimum Gasteiger partial charge on any atom is -0.475 e. The number of hydrogen-bond acceptors (Lipinski definition) is 3. The SMILES string of the molecule is CN=C(NCc1ccc(OC(C)C)nc1)NC(C)(C)C.I. The first kappa shape index (κ1) is 19.9. The fourth-order valence-electron chi connectivity index (χ4n) is 1.55. The zero-order chi connectivity index (χ0) is 15.2. The zero-order valence-corrected chi connectivity index (χ0v) is 16.1. The summed E-state index contributed by atoms with van der Waals surface area (Å²) in [6, 6.07) is 3.89. The standard InChI is InChI=1S/C15H26N4O.HI/c1-11(2)20-13-8-7-12(9-17-13)10-18-14(16-6)19-15(3,4)5;/h7-9,11H,10H2,1-6H3,(H2,16,18,19);1H. The molecule has 0 radical (unpaired) electrons. The van der Waals surface area contributed by atoms with Crippen LogP contribution in [0.2, 0.25) is 0 Å². The molecule has 1 heterocycles. The van der Waals surface area contributed by atoms with Crippen molar-refractivity contribution in [3.63, 3.8) is 0 Å². The van der Waals surface area contributed by atoms with E-state index in [0.717, 1.165) is 11.5 Å². The third-order valence-corrected chi connectivity index (χ3v) is 2.33. The molecule has 0 aliphatic rings.